The van der Waals surface area contributed by atoms with E-state index in [1.54, 1.807) is 0 Å². The van der Waals surface area contributed by atoms with Crippen LogP contribution in [0.3, 0.4) is 0 Å². The first-order valence-corrected chi connectivity index (χ1v) is 6.60. The van der Waals surface area contributed by atoms with Crippen LogP contribution in [0.25, 0.3) is 0 Å². The van der Waals surface area contributed by atoms with E-state index in [1.165, 1.54) is 5.56 Å². The Hall–Kier alpha value is -1.29. The van der Waals surface area contributed by atoms with E-state index in [1.807, 2.05) is 36.6 Å². The lowest BCUT2D eigenvalue weighted by Gasteiger charge is -2.34. The normalized spacial score (nSPS) is 16.9. The van der Waals surface area contributed by atoms with E-state index >= 15 is 0 Å². The molecule has 1 aliphatic rings. The molecule has 0 saturated carbocycles. The van der Waals surface area contributed by atoms with Gasteiger partial charge in [-0.15, -0.1) is 0 Å². The Morgan fingerprint density at radius 2 is 2.06 bits per heavy atom. The smallest absolute Gasteiger partial charge is 0.228 e. The van der Waals surface area contributed by atoms with Crippen LogP contribution in [0.2, 0.25) is 0 Å². The predicted molar refractivity (Wildman–Crippen MR) is 72.3 cm³/mol. The van der Waals surface area contributed by atoms with Gasteiger partial charge in [0.1, 0.15) is 0 Å². The molecule has 0 bridgehead atoms. The summed E-state index contributed by atoms with van der Waals surface area (Å²) in [4.78, 5) is 14.5. The maximum absolute atomic E-state index is 12.5. The predicted octanol–water partition coefficient (Wildman–Crippen LogP) is 1.03. The molecule has 100 valence electrons. The van der Waals surface area contributed by atoms with Gasteiger partial charge in [-0.1, -0.05) is 13.8 Å². The van der Waals surface area contributed by atoms with Crippen molar-refractivity contribution in [3.8, 4) is 0 Å². The molecule has 0 unspecified atom stereocenters. The lowest BCUT2D eigenvalue weighted by molar-refractivity contribution is -0.140. The van der Waals surface area contributed by atoms with Gasteiger partial charge < -0.3 is 14.8 Å². The third-order valence-corrected chi connectivity index (χ3v) is 3.52. The highest BCUT2D eigenvalue weighted by molar-refractivity contribution is 5.82. The second kappa shape index (κ2) is 5.14. The number of piperazine rings is 1. The van der Waals surface area contributed by atoms with Crippen molar-refractivity contribution >= 4 is 5.91 Å². The van der Waals surface area contributed by atoms with Gasteiger partial charge in [0, 0.05) is 51.0 Å². The Kier molecular flexibility index (Phi) is 3.76. The van der Waals surface area contributed by atoms with Gasteiger partial charge in [0.2, 0.25) is 5.91 Å². The van der Waals surface area contributed by atoms with Crippen LogP contribution >= 0.6 is 0 Å². The minimum Gasteiger partial charge on any atom is -0.357 e. The average molecular weight is 249 g/mol. The number of carbonyl (C=O) groups excluding carboxylic acids is 1. The van der Waals surface area contributed by atoms with Gasteiger partial charge in [-0.25, -0.2) is 0 Å². The number of hydrogen-bond donors (Lipinski definition) is 1. The number of nitrogens with one attached hydrogen (secondary N) is 1. The maximum Gasteiger partial charge on any atom is 0.228 e. The summed E-state index contributed by atoms with van der Waals surface area (Å²) in [5.41, 5.74) is 0.907. The number of amides is 1. The summed E-state index contributed by atoms with van der Waals surface area (Å²) in [5, 5.41) is 3.28. The lowest BCUT2D eigenvalue weighted by atomic mass is 9.85. The Bertz CT molecular complexity index is 416. The first kappa shape index (κ1) is 13.1. The molecule has 2 heterocycles. The van der Waals surface area contributed by atoms with Gasteiger partial charge >= 0.3 is 0 Å². The van der Waals surface area contributed by atoms with Crippen molar-refractivity contribution in [2.24, 2.45) is 12.5 Å². The van der Waals surface area contributed by atoms with Crippen LogP contribution in [0, 0.1) is 5.41 Å². The average Bonchev–Trinajstić information content (AvgIpc) is 2.74. The fraction of sp³-hybridized carbons (Fsp3) is 0.643. The summed E-state index contributed by atoms with van der Waals surface area (Å²) in [6.45, 7) is 7.57. The van der Waals surface area contributed by atoms with Crippen molar-refractivity contribution in [2.75, 3.05) is 26.2 Å². The number of rotatable bonds is 3. The zero-order valence-corrected chi connectivity index (χ0v) is 11.6. The molecule has 1 aliphatic heterocycles. The second-order valence-corrected chi connectivity index (χ2v) is 5.79. The molecule has 1 aromatic rings. The van der Waals surface area contributed by atoms with E-state index in [0.29, 0.717) is 0 Å². The summed E-state index contributed by atoms with van der Waals surface area (Å²) >= 11 is 0. The van der Waals surface area contributed by atoms with Gasteiger partial charge in [0.25, 0.3) is 0 Å². The molecule has 0 aliphatic carbocycles. The highest BCUT2D eigenvalue weighted by Crippen LogP contribution is 2.25. The fourth-order valence-electron chi connectivity index (χ4n) is 2.55. The number of carbonyl (C=O) groups is 1. The van der Waals surface area contributed by atoms with E-state index in [-0.39, 0.29) is 11.3 Å². The highest BCUT2D eigenvalue weighted by Gasteiger charge is 2.32. The molecule has 18 heavy (non-hydrogen) atoms. The molecule has 2 rings (SSSR count). The van der Waals surface area contributed by atoms with Gasteiger partial charge in [0.05, 0.1) is 0 Å². The molecule has 1 fully saturated rings. The maximum atomic E-state index is 12.5. The summed E-state index contributed by atoms with van der Waals surface area (Å²) in [6.07, 6.45) is 4.92. The third-order valence-electron chi connectivity index (χ3n) is 3.52. The number of aromatic nitrogens is 1. The molecule has 0 atom stereocenters. The molecule has 0 aromatic carbocycles. The summed E-state index contributed by atoms with van der Waals surface area (Å²) in [7, 11) is 2.01. The zero-order chi connectivity index (χ0) is 13.2. The van der Waals surface area contributed by atoms with Crippen LogP contribution in [-0.4, -0.2) is 41.6 Å². The molecule has 1 N–H and O–H groups in total. The van der Waals surface area contributed by atoms with Crippen molar-refractivity contribution < 1.29 is 4.79 Å². The molecule has 0 spiro atoms. The third kappa shape index (κ3) is 2.93. The first-order chi connectivity index (χ1) is 8.49. The SMILES string of the molecule is Cn1ccc(CC(C)(C)C(=O)N2CCNCC2)c1. The van der Waals surface area contributed by atoms with E-state index < -0.39 is 0 Å². The molecule has 1 saturated heterocycles. The molecule has 1 aromatic heterocycles. The lowest BCUT2D eigenvalue weighted by Crippen LogP contribution is -2.51. The molecule has 1 amide bonds. The number of hydrogen-bond acceptors (Lipinski definition) is 2. The number of nitrogens with zero attached hydrogens (tertiary/aromatic N) is 2. The number of aryl methyl sites for hydroxylation is 1. The summed E-state index contributed by atoms with van der Waals surface area (Å²) < 4.78 is 2.03. The van der Waals surface area contributed by atoms with Crippen LogP contribution in [-0.2, 0) is 18.3 Å². The van der Waals surface area contributed by atoms with Crippen molar-refractivity contribution in [1.82, 2.24) is 14.8 Å². The minimum atomic E-state index is -0.321. The summed E-state index contributed by atoms with van der Waals surface area (Å²) in [6, 6.07) is 2.09. The van der Waals surface area contributed by atoms with Crippen LogP contribution < -0.4 is 5.32 Å². The van der Waals surface area contributed by atoms with Crippen molar-refractivity contribution in [2.45, 2.75) is 20.3 Å². The first-order valence-electron chi connectivity index (χ1n) is 6.60. The zero-order valence-electron chi connectivity index (χ0n) is 11.6. The molecular formula is C14H23N3O. The van der Waals surface area contributed by atoms with Crippen LogP contribution in [0.4, 0.5) is 0 Å². The van der Waals surface area contributed by atoms with Crippen molar-refractivity contribution in [3.05, 3.63) is 24.0 Å². The van der Waals surface area contributed by atoms with Gasteiger partial charge in [-0.05, 0) is 18.1 Å². The molecule has 4 nitrogen and oxygen atoms in total. The molecule has 0 radical (unpaired) electrons. The van der Waals surface area contributed by atoms with Gasteiger partial charge in [-0.3, -0.25) is 4.79 Å². The minimum absolute atomic E-state index is 0.271. The van der Waals surface area contributed by atoms with Gasteiger partial charge in [0.15, 0.2) is 0 Å². The molecule has 4 heteroatoms. The quantitative estimate of drug-likeness (QED) is 0.868. The standard InChI is InChI=1S/C14H23N3O/c1-14(2,10-12-4-7-16(3)11-12)13(18)17-8-5-15-6-9-17/h4,7,11,15H,5-6,8-10H2,1-3H3. The monoisotopic (exact) mass is 249 g/mol. The van der Waals surface area contributed by atoms with E-state index in [4.69, 9.17) is 0 Å². The Morgan fingerprint density at radius 1 is 1.39 bits per heavy atom. The van der Waals surface area contributed by atoms with Crippen LogP contribution in [0.15, 0.2) is 18.5 Å². The molecular weight excluding hydrogens is 226 g/mol. The Labute approximate surface area is 109 Å². The van der Waals surface area contributed by atoms with Crippen molar-refractivity contribution in [1.29, 1.82) is 0 Å². The van der Waals surface area contributed by atoms with Crippen LogP contribution in [0.1, 0.15) is 19.4 Å². The largest absolute Gasteiger partial charge is 0.357 e. The van der Waals surface area contributed by atoms with E-state index in [9.17, 15) is 4.79 Å². The summed E-state index contributed by atoms with van der Waals surface area (Å²) in [5.74, 6) is 0.271. The fourth-order valence-corrected chi connectivity index (χ4v) is 2.55. The Balaban J connectivity index is 2.02. The topological polar surface area (TPSA) is 37.3 Å². The Morgan fingerprint density at radius 3 is 2.61 bits per heavy atom. The van der Waals surface area contributed by atoms with Gasteiger partial charge in [-0.2, -0.15) is 0 Å². The van der Waals surface area contributed by atoms with E-state index in [2.05, 4.69) is 17.6 Å². The highest BCUT2D eigenvalue weighted by atomic mass is 16.2. The second-order valence-electron chi connectivity index (χ2n) is 5.79. The van der Waals surface area contributed by atoms with Crippen molar-refractivity contribution in [3.63, 3.8) is 0 Å². The van der Waals surface area contributed by atoms with Crippen LogP contribution in [0.5, 0.6) is 0 Å². The van der Waals surface area contributed by atoms with E-state index in [0.717, 1.165) is 32.6 Å².